The number of ether oxygens (including phenoxy) is 1. The predicted octanol–water partition coefficient (Wildman–Crippen LogP) is 4.41. The van der Waals surface area contributed by atoms with Gasteiger partial charge in [-0.25, -0.2) is 4.79 Å². The number of thiophene rings is 1. The van der Waals surface area contributed by atoms with Crippen molar-refractivity contribution in [3.63, 3.8) is 0 Å². The van der Waals surface area contributed by atoms with Crippen molar-refractivity contribution in [2.24, 2.45) is 0 Å². The highest BCUT2D eigenvalue weighted by Crippen LogP contribution is 2.36. The number of carbonyl (C=O) groups excluding carboxylic acids is 1. The molecule has 1 aliphatic carbocycles. The molecule has 1 aromatic heterocycles. The number of halogens is 2. The first kappa shape index (κ1) is 15.5. The zero-order chi connectivity index (χ0) is 13.8. The van der Waals surface area contributed by atoms with Gasteiger partial charge in [-0.1, -0.05) is 12.8 Å². The van der Waals surface area contributed by atoms with Gasteiger partial charge >= 0.3 is 5.97 Å². The van der Waals surface area contributed by atoms with Gasteiger partial charge in [0.05, 0.1) is 10.4 Å². The minimum atomic E-state index is -0.351. The first-order valence-electron chi connectivity index (χ1n) is 6.49. The normalized spacial score (nSPS) is 17.6. The van der Waals surface area contributed by atoms with Crippen LogP contribution in [-0.2, 0) is 9.53 Å². The highest BCUT2D eigenvalue weighted by molar-refractivity contribution is 9.13. The van der Waals surface area contributed by atoms with Crippen LogP contribution in [0.15, 0.2) is 14.3 Å². The number of hydrogen-bond donors (Lipinski definition) is 1. The number of rotatable bonds is 5. The second-order valence-corrected chi connectivity index (χ2v) is 7.86. The molecule has 1 heterocycles. The lowest BCUT2D eigenvalue weighted by atomic mass is 10.1. The number of nitrogens with one attached hydrogen (secondary N) is 1. The molecule has 3 nitrogen and oxygen atoms in total. The van der Waals surface area contributed by atoms with Crippen LogP contribution in [0.1, 0.15) is 43.5 Å². The molecular formula is C13H17Br2NO2S. The maximum absolute atomic E-state index is 12.1. The predicted molar refractivity (Wildman–Crippen MR) is 84.5 cm³/mol. The van der Waals surface area contributed by atoms with Gasteiger partial charge in [-0.05, 0) is 57.7 Å². The summed E-state index contributed by atoms with van der Waals surface area (Å²) in [6.45, 7) is 2.25. The first-order chi connectivity index (χ1) is 9.11. The van der Waals surface area contributed by atoms with E-state index < -0.39 is 0 Å². The third kappa shape index (κ3) is 4.03. The van der Waals surface area contributed by atoms with Gasteiger partial charge in [0.15, 0.2) is 0 Å². The summed E-state index contributed by atoms with van der Waals surface area (Å²) in [4.78, 5) is 13.1. The van der Waals surface area contributed by atoms with Crippen molar-refractivity contribution in [2.45, 2.75) is 44.7 Å². The molecule has 106 valence electrons. The molecule has 1 unspecified atom stereocenters. The van der Waals surface area contributed by atoms with Crippen LogP contribution >= 0.6 is 43.2 Å². The van der Waals surface area contributed by atoms with Gasteiger partial charge in [-0.2, -0.15) is 0 Å². The van der Waals surface area contributed by atoms with E-state index in [0.29, 0.717) is 12.6 Å². The van der Waals surface area contributed by atoms with Crippen LogP contribution in [0.4, 0.5) is 0 Å². The largest absolute Gasteiger partial charge is 0.465 e. The number of esters is 1. The van der Waals surface area contributed by atoms with Crippen molar-refractivity contribution in [3.05, 3.63) is 19.2 Å². The molecule has 1 aromatic rings. The summed E-state index contributed by atoms with van der Waals surface area (Å²) in [6.07, 6.45) is 4.77. The molecule has 1 aliphatic rings. The minimum absolute atomic E-state index is 0.185. The van der Waals surface area contributed by atoms with Gasteiger partial charge in [-0.3, -0.25) is 5.32 Å². The van der Waals surface area contributed by atoms with Crippen LogP contribution in [-0.4, -0.2) is 18.6 Å². The summed E-state index contributed by atoms with van der Waals surface area (Å²) in [5.41, 5.74) is 0. The Morgan fingerprint density at radius 2 is 2.21 bits per heavy atom. The smallest absolute Gasteiger partial charge is 0.328 e. The van der Waals surface area contributed by atoms with Gasteiger partial charge < -0.3 is 4.74 Å². The molecule has 19 heavy (non-hydrogen) atoms. The summed E-state index contributed by atoms with van der Waals surface area (Å²) >= 11 is 8.51. The van der Waals surface area contributed by atoms with Crippen LogP contribution in [0.25, 0.3) is 0 Å². The fourth-order valence-electron chi connectivity index (χ4n) is 2.33. The average molecular weight is 411 g/mol. The third-order valence-electron chi connectivity index (χ3n) is 3.23. The highest BCUT2D eigenvalue weighted by atomic mass is 79.9. The minimum Gasteiger partial charge on any atom is -0.465 e. The Balaban J connectivity index is 2.14. The number of carbonyl (C=O) groups is 1. The fraction of sp³-hybridized carbons (Fsp3) is 0.615. The molecule has 0 aromatic carbocycles. The molecule has 1 N–H and O–H groups in total. The van der Waals surface area contributed by atoms with Crippen LogP contribution in [0.5, 0.6) is 0 Å². The van der Waals surface area contributed by atoms with E-state index in [2.05, 4.69) is 37.2 Å². The summed E-state index contributed by atoms with van der Waals surface area (Å²) in [5, 5.41) is 3.45. The van der Waals surface area contributed by atoms with Crippen LogP contribution in [0, 0.1) is 0 Å². The summed E-state index contributed by atoms with van der Waals surface area (Å²) in [7, 11) is 0. The summed E-state index contributed by atoms with van der Waals surface area (Å²) < 4.78 is 7.18. The SMILES string of the molecule is CCOC(=O)C(NC1CCCC1)c1cc(Br)c(Br)s1. The fourth-order valence-corrected chi connectivity index (χ4v) is 4.46. The van der Waals surface area contributed by atoms with Gasteiger partial charge in [0, 0.05) is 15.4 Å². The van der Waals surface area contributed by atoms with E-state index >= 15 is 0 Å². The molecule has 0 aliphatic heterocycles. The standard InChI is InChI=1S/C13H17Br2NO2S/c1-2-18-13(17)11(16-8-5-3-4-6-8)10-7-9(14)12(15)19-10/h7-8,11,16H,2-6H2,1H3. The van der Waals surface area contributed by atoms with E-state index in [0.717, 1.165) is 26.0 Å². The summed E-state index contributed by atoms with van der Waals surface area (Å²) in [5.74, 6) is -0.185. The molecule has 0 saturated heterocycles. The van der Waals surface area contributed by atoms with E-state index in [-0.39, 0.29) is 12.0 Å². The molecule has 1 saturated carbocycles. The van der Waals surface area contributed by atoms with Gasteiger partial charge in [0.25, 0.3) is 0 Å². The molecule has 0 bridgehead atoms. The first-order valence-corrected chi connectivity index (χ1v) is 8.89. The second-order valence-electron chi connectivity index (χ2n) is 4.60. The van der Waals surface area contributed by atoms with E-state index in [4.69, 9.17) is 4.74 Å². The third-order valence-corrected chi connectivity index (χ3v) is 6.55. The quantitative estimate of drug-likeness (QED) is 0.730. The summed E-state index contributed by atoms with van der Waals surface area (Å²) in [6, 6.07) is 2.06. The van der Waals surface area contributed by atoms with E-state index in [1.165, 1.54) is 12.8 Å². The van der Waals surface area contributed by atoms with Gasteiger partial charge in [0.2, 0.25) is 0 Å². The van der Waals surface area contributed by atoms with Crippen molar-refractivity contribution >= 4 is 49.2 Å². The Labute approximate surface area is 134 Å². The second kappa shape index (κ2) is 7.20. The molecular weight excluding hydrogens is 394 g/mol. The molecule has 1 atom stereocenters. The molecule has 2 rings (SSSR count). The Morgan fingerprint density at radius 3 is 2.74 bits per heavy atom. The zero-order valence-electron chi connectivity index (χ0n) is 10.7. The van der Waals surface area contributed by atoms with Crippen LogP contribution < -0.4 is 5.32 Å². The van der Waals surface area contributed by atoms with E-state index in [1.807, 2.05) is 13.0 Å². The molecule has 0 spiro atoms. The lowest BCUT2D eigenvalue weighted by Gasteiger charge is -2.20. The van der Waals surface area contributed by atoms with Crippen molar-refractivity contribution in [3.8, 4) is 0 Å². The van der Waals surface area contributed by atoms with Crippen LogP contribution in [0.3, 0.4) is 0 Å². The Hall–Kier alpha value is 0.0900. The van der Waals surface area contributed by atoms with Gasteiger partial charge in [-0.15, -0.1) is 11.3 Å². The molecule has 6 heteroatoms. The highest BCUT2D eigenvalue weighted by Gasteiger charge is 2.28. The Morgan fingerprint density at radius 1 is 1.53 bits per heavy atom. The Kier molecular flexibility index (Phi) is 5.87. The maximum Gasteiger partial charge on any atom is 0.328 e. The van der Waals surface area contributed by atoms with Crippen molar-refractivity contribution < 1.29 is 9.53 Å². The maximum atomic E-state index is 12.1. The topological polar surface area (TPSA) is 38.3 Å². The lowest BCUT2D eigenvalue weighted by Crippen LogP contribution is -2.36. The van der Waals surface area contributed by atoms with Crippen molar-refractivity contribution in [2.75, 3.05) is 6.61 Å². The number of hydrogen-bond acceptors (Lipinski definition) is 4. The molecule has 0 amide bonds. The van der Waals surface area contributed by atoms with E-state index in [9.17, 15) is 4.79 Å². The lowest BCUT2D eigenvalue weighted by molar-refractivity contribution is -0.146. The van der Waals surface area contributed by atoms with Crippen LogP contribution in [0.2, 0.25) is 0 Å². The molecule has 0 radical (unpaired) electrons. The zero-order valence-corrected chi connectivity index (χ0v) is 14.7. The Bertz CT molecular complexity index is 424. The molecule has 1 fully saturated rings. The van der Waals surface area contributed by atoms with Crippen molar-refractivity contribution in [1.29, 1.82) is 0 Å². The monoisotopic (exact) mass is 409 g/mol. The van der Waals surface area contributed by atoms with E-state index in [1.54, 1.807) is 11.3 Å². The average Bonchev–Trinajstić information content (AvgIpc) is 2.97. The van der Waals surface area contributed by atoms with Gasteiger partial charge in [0.1, 0.15) is 6.04 Å². The van der Waals surface area contributed by atoms with Crippen molar-refractivity contribution in [1.82, 2.24) is 5.32 Å².